The predicted octanol–water partition coefficient (Wildman–Crippen LogP) is 0.705. The normalized spacial score (nSPS) is 13.9. The Morgan fingerprint density at radius 1 is 1.76 bits per heavy atom. The summed E-state index contributed by atoms with van der Waals surface area (Å²) < 4.78 is 1.34. The van der Waals surface area contributed by atoms with Gasteiger partial charge in [0.25, 0.3) is 0 Å². The molecule has 2 N–H and O–H groups in total. The molecule has 0 bridgehead atoms. The Morgan fingerprint density at radius 2 is 2.41 bits per heavy atom. The van der Waals surface area contributed by atoms with E-state index < -0.39 is 11.5 Å². The molecular weight excluding hydrogens is 246 g/mol. The van der Waals surface area contributed by atoms with Crippen molar-refractivity contribution in [2.45, 2.75) is 19.9 Å². The highest BCUT2D eigenvalue weighted by Gasteiger charge is 2.36. The Bertz CT molecular complexity index is 429. The van der Waals surface area contributed by atoms with Crippen LogP contribution in [0.2, 0.25) is 5.28 Å². The molecule has 17 heavy (non-hydrogen) atoms. The number of nitrogens with one attached hydrogen (secondary N) is 1. The quantitative estimate of drug-likeness (QED) is 0.473. The number of likely N-dealkylation sites (N-methyl/N-ethyl adjacent to an activating group) is 1. The minimum absolute atomic E-state index is 0.0515. The molecule has 0 fully saturated rings. The van der Waals surface area contributed by atoms with Gasteiger partial charge in [-0.2, -0.15) is 0 Å². The fourth-order valence-electron chi connectivity index (χ4n) is 1.53. The highest BCUT2D eigenvalue weighted by Crippen LogP contribution is 2.29. The largest absolute Gasteiger partial charge is 0.411 e. The van der Waals surface area contributed by atoms with Gasteiger partial charge in [0.2, 0.25) is 11.2 Å². The second kappa shape index (κ2) is 5.13. The topological polar surface area (TPSA) is 92.4 Å². The van der Waals surface area contributed by atoms with Crippen LogP contribution in [0.15, 0.2) is 11.5 Å². The van der Waals surface area contributed by atoms with Crippen LogP contribution < -0.4 is 5.32 Å². The van der Waals surface area contributed by atoms with Gasteiger partial charge in [-0.1, -0.05) is 13.8 Å². The summed E-state index contributed by atoms with van der Waals surface area (Å²) >= 11 is 5.62. The van der Waals surface area contributed by atoms with Crippen LogP contribution in [0.25, 0.3) is 0 Å². The fourth-order valence-corrected chi connectivity index (χ4v) is 1.66. The van der Waals surface area contributed by atoms with Crippen molar-refractivity contribution in [1.29, 1.82) is 0 Å². The van der Waals surface area contributed by atoms with Gasteiger partial charge < -0.3 is 10.5 Å². The smallest absolute Gasteiger partial charge is 0.245 e. The van der Waals surface area contributed by atoms with Crippen LogP contribution in [0.5, 0.6) is 0 Å². The van der Waals surface area contributed by atoms with Crippen molar-refractivity contribution in [3.63, 3.8) is 0 Å². The van der Waals surface area contributed by atoms with Crippen molar-refractivity contribution in [3.8, 4) is 0 Å². The maximum absolute atomic E-state index is 11.9. The van der Waals surface area contributed by atoms with Gasteiger partial charge in [0.05, 0.1) is 6.21 Å². The van der Waals surface area contributed by atoms with Gasteiger partial charge in [-0.25, -0.2) is 9.67 Å². The Balaban J connectivity index is 3.17. The number of amides is 1. The van der Waals surface area contributed by atoms with Gasteiger partial charge in [0, 0.05) is 12.5 Å². The zero-order chi connectivity index (χ0) is 13.1. The van der Waals surface area contributed by atoms with E-state index in [4.69, 9.17) is 16.8 Å². The Labute approximate surface area is 103 Å². The first-order valence-corrected chi connectivity index (χ1v) is 5.27. The van der Waals surface area contributed by atoms with E-state index in [2.05, 4.69) is 20.6 Å². The molecule has 0 aromatic carbocycles. The second-order valence-corrected chi connectivity index (χ2v) is 4.41. The van der Waals surface area contributed by atoms with Crippen LogP contribution in [-0.2, 0) is 4.79 Å². The molecule has 0 aliphatic rings. The average Bonchev–Trinajstić information content (AvgIpc) is 2.64. The number of nitrogens with zero attached hydrogens (tertiary/aromatic N) is 4. The number of aromatic nitrogens is 3. The first-order chi connectivity index (χ1) is 7.92. The molecule has 0 spiro atoms. The number of halogens is 1. The molecule has 7 nitrogen and oxygen atoms in total. The molecule has 94 valence electrons. The number of hydrogen-bond donors (Lipinski definition) is 2. The lowest BCUT2D eigenvalue weighted by Gasteiger charge is -2.28. The summed E-state index contributed by atoms with van der Waals surface area (Å²) in [6, 6.07) is -0.705. The van der Waals surface area contributed by atoms with Gasteiger partial charge in [-0.3, -0.25) is 4.79 Å². The summed E-state index contributed by atoms with van der Waals surface area (Å²) in [6.07, 6.45) is 2.62. The van der Waals surface area contributed by atoms with E-state index in [1.165, 1.54) is 24.3 Å². The zero-order valence-electron chi connectivity index (χ0n) is 9.75. The van der Waals surface area contributed by atoms with Crippen molar-refractivity contribution in [1.82, 2.24) is 20.1 Å². The van der Waals surface area contributed by atoms with E-state index in [1.807, 2.05) is 0 Å². The van der Waals surface area contributed by atoms with E-state index in [0.29, 0.717) is 0 Å². The molecule has 0 aliphatic heterocycles. The van der Waals surface area contributed by atoms with Gasteiger partial charge in [0.1, 0.15) is 12.4 Å². The predicted molar refractivity (Wildman–Crippen MR) is 62.2 cm³/mol. The molecule has 0 saturated heterocycles. The van der Waals surface area contributed by atoms with Crippen molar-refractivity contribution in [2.75, 3.05) is 7.05 Å². The van der Waals surface area contributed by atoms with E-state index >= 15 is 0 Å². The summed E-state index contributed by atoms with van der Waals surface area (Å²) in [4.78, 5) is 15.6. The standard InChI is InChI=1S/C9H14ClN5O2/c1-9(2,4-13-17)6(7(16)11-3)15-5-12-8(10)14-15/h4-6,17H,1-3H3,(H,11,16). The van der Waals surface area contributed by atoms with Crippen LogP contribution in [0.4, 0.5) is 0 Å². The Hall–Kier alpha value is -1.63. The minimum atomic E-state index is -0.744. The molecule has 0 radical (unpaired) electrons. The Morgan fingerprint density at radius 3 is 2.82 bits per heavy atom. The molecule has 1 aromatic heterocycles. The van der Waals surface area contributed by atoms with Crippen LogP contribution in [0, 0.1) is 5.41 Å². The van der Waals surface area contributed by atoms with Gasteiger partial charge in [0.15, 0.2) is 0 Å². The van der Waals surface area contributed by atoms with Crippen molar-refractivity contribution >= 4 is 23.7 Å². The lowest BCUT2D eigenvalue weighted by molar-refractivity contribution is -0.126. The number of hydrogen-bond acceptors (Lipinski definition) is 5. The first-order valence-electron chi connectivity index (χ1n) is 4.89. The molecule has 1 heterocycles. The van der Waals surface area contributed by atoms with E-state index in [1.54, 1.807) is 13.8 Å². The summed E-state index contributed by atoms with van der Waals surface area (Å²) in [5.74, 6) is -0.281. The van der Waals surface area contributed by atoms with Gasteiger partial charge >= 0.3 is 0 Å². The van der Waals surface area contributed by atoms with Crippen molar-refractivity contribution in [3.05, 3.63) is 11.6 Å². The van der Waals surface area contributed by atoms with E-state index in [9.17, 15) is 4.79 Å². The number of carbonyl (C=O) groups is 1. The highest BCUT2D eigenvalue weighted by atomic mass is 35.5. The molecule has 1 amide bonds. The van der Waals surface area contributed by atoms with Crippen LogP contribution >= 0.6 is 11.6 Å². The third-order valence-electron chi connectivity index (χ3n) is 2.34. The summed E-state index contributed by atoms with van der Waals surface area (Å²) in [5, 5.41) is 18.1. The van der Waals surface area contributed by atoms with Gasteiger partial charge in [-0.15, -0.1) is 10.3 Å². The molecular formula is C9H14ClN5O2. The monoisotopic (exact) mass is 259 g/mol. The molecule has 1 unspecified atom stereocenters. The van der Waals surface area contributed by atoms with Crippen LogP contribution in [0.1, 0.15) is 19.9 Å². The lowest BCUT2D eigenvalue weighted by atomic mass is 9.85. The summed E-state index contributed by atoms with van der Waals surface area (Å²) in [7, 11) is 1.51. The van der Waals surface area contributed by atoms with E-state index in [-0.39, 0.29) is 11.2 Å². The third kappa shape index (κ3) is 2.94. The Kier molecular flexibility index (Phi) is 4.06. The number of carbonyl (C=O) groups excluding carboxylic acids is 1. The molecule has 1 rings (SSSR count). The van der Waals surface area contributed by atoms with Crippen LogP contribution in [0.3, 0.4) is 0 Å². The maximum Gasteiger partial charge on any atom is 0.245 e. The molecule has 0 saturated carbocycles. The first kappa shape index (κ1) is 13.4. The zero-order valence-corrected chi connectivity index (χ0v) is 10.5. The molecule has 0 aliphatic carbocycles. The van der Waals surface area contributed by atoms with Gasteiger partial charge in [-0.05, 0) is 11.6 Å². The number of rotatable bonds is 4. The van der Waals surface area contributed by atoms with Crippen molar-refractivity contribution < 1.29 is 10.0 Å². The highest BCUT2D eigenvalue weighted by molar-refractivity contribution is 6.28. The fraction of sp³-hybridized carbons (Fsp3) is 0.556. The van der Waals surface area contributed by atoms with Crippen LogP contribution in [-0.4, -0.2) is 39.1 Å². The summed E-state index contributed by atoms with van der Waals surface area (Å²) in [6.45, 7) is 3.48. The summed E-state index contributed by atoms with van der Waals surface area (Å²) in [5.41, 5.74) is -0.744. The van der Waals surface area contributed by atoms with Crippen molar-refractivity contribution in [2.24, 2.45) is 10.6 Å². The average molecular weight is 260 g/mol. The second-order valence-electron chi connectivity index (χ2n) is 4.08. The number of oxime groups is 1. The SMILES string of the molecule is CNC(=O)C(n1cnc(Cl)n1)C(C)(C)C=NO. The molecule has 8 heteroatoms. The third-order valence-corrected chi connectivity index (χ3v) is 2.51. The maximum atomic E-state index is 11.9. The van der Waals surface area contributed by atoms with E-state index in [0.717, 1.165) is 0 Å². The molecule has 1 atom stereocenters. The minimum Gasteiger partial charge on any atom is -0.411 e. The molecule has 1 aromatic rings. The lowest BCUT2D eigenvalue weighted by Crippen LogP contribution is -2.40.